The molecule has 10 N–H and O–H groups in total. The SMILES string of the molecule is CC(O)C(=O)O.O.O.O.O. The normalized spacial score (nSPS) is 8.20. The highest BCUT2D eigenvalue weighted by Crippen LogP contribution is 1.73. The summed E-state index contributed by atoms with van der Waals surface area (Å²) in [6.45, 7) is 1.20. The lowest BCUT2D eigenvalue weighted by molar-refractivity contribution is -0.145. The van der Waals surface area contributed by atoms with Crippen molar-refractivity contribution in [1.82, 2.24) is 0 Å². The van der Waals surface area contributed by atoms with Crippen LogP contribution in [0, 0.1) is 0 Å². The van der Waals surface area contributed by atoms with E-state index in [4.69, 9.17) is 10.2 Å². The van der Waals surface area contributed by atoms with Crippen LogP contribution in [0.4, 0.5) is 0 Å². The first-order valence-electron chi connectivity index (χ1n) is 1.55. The highest BCUT2D eigenvalue weighted by Gasteiger charge is 2.01. The van der Waals surface area contributed by atoms with Crippen LogP contribution >= 0.6 is 0 Å². The van der Waals surface area contributed by atoms with Crippen LogP contribution in [-0.2, 0) is 4.79 Å². The first-order valence-corrected chi connectivity index (χ1v) is 1.55. The zero-order valence-corrected chi connectivity index (χ0v) is 5.38. The van der Waals surface area contributed by atoms with E-state index in [1.165, 1.54) is 6.92 Å². The second-order valence-corrected chi connectivity index (χ2v) is 1.01. The molecule has 0 bridgehead atoms. The number of aliphatic hydroxyl groups excluding tert-OH is 1. The van der Waals surface area contributed by atoms with Crippen molar-refractivity contribution in [3.05, 3.63) is 0 Å². The number of carboxylic acids is 1. The number of aliphatic carboxylic acids is 1. The predicted molar refractivity (Wildman–Crippen MR) is 33.8 cm³/mol. The van der Waals surface area contributed by atoms with Gasteiger partial charge in [-0.15, -0.1) is 0 Å². The summed E-state index contributed by atoms with van der Waals surface area (Å²) in [5.74, 6) is -1.19. The van der Waals surface area contributed by atoms with E-state index in [0.29, 0.717) is 0 Å². The van der Waals surface area contributed by atoms with Gasteiger partial charge in [0, 0.05) is 0 Å². The van der Waals surface area contributed by atoms with Crippen LogP contribution in [0.1, 0.15) is 6.92 Å². The molecule has 0 rings (SSSR count). The largest absolute Gasteiger partial charge is 0.479 e. The molecule has 10 heavy (non-hydrogen) atoms. The van der Waals surface area contributed by atoms with Gasteiger partial charge < -0.3 is 32.1 Å². The Labute approximate surface area is 57.1 Å². The Hall–Kier alpha value is -0.730. The molecule has 7 nitrogen and oxygen atoms in total. The molecule has 0 spiro atoms. The molecule has 0 aromatic rings. The molecule has 0 aliphatic heterocycles. The highest BCUT2D eigenvalue weighted by atomic mass is 16.4. The summed E-state index contributed by atoms with van der Waals surface area (Å²) >= 11 is 0. The summed E-state index contributed by atoms with van der Waals surface area (Å²) in [6, 6.07) is 0. The molecule has 0 saturated heterocycles. The maximum Gasteiger partial charge on any atom is 0.332 e. The fourth-order valence-corrected chi connectivity index (χ4v) is 0. The molecule has 1 unspecified atom stereocenters. The molecule has 0 aromatic carbocycles. The van der Waals surface area contributed by atoms with Crippen molar-refractivity contribution in [3.63, 3.8) is 0 Å². The van der Waals surface area contributed by atoms with Gasteiger partial charge in [-0.2, -0.15) is 0 Å². The smallest absolute Gasteiger partial charge is 0.332 e. The molecule has 7 heteroatoms. The summed E-state index contributed by atoms with van der Waals surface area (Å²) in [7, 11) is 0. The third-order valence-corrected chi connectivity index (χ3v) is 0.357. The van der Waals surface area contributed by atoms with Crippen molar-refractivity contribution in [2.75, 3.05) is 0 Å². The molecule has 0 fully saturated rings. The minimum atomic E-state index is -1.23. The fourth-order valence-electron chi connectivity index (χ4n) is 0. The Morgan fingerprint density at radius 2 is 1.30 bits per heavy atom. The lowest BCUT2D eigenvalue weighted by Gasteiger charge is -1.89. The van der Waals surface area contributed by atoms with E-state index in [1.807, 2.05) is 0 Å². The number of hydrogen-bond acceptors (Lipinski definition) is 2. The van der Waals surface area contributed by atoms with Crippen molar-refractivity contribution < 1.29 is 36.9 Å². The van der Waals surface area contributed by atoms with Crippen molar-refractivity contribution in [1.29, 1.82) is 0 Å². The average molecular weight is 162 g/mol. The quantitative estimate of drug-likeness (QED) is 0.400. The zero-order valence-electron chi connectivity index (χ0n) is 5.38. The van der Waals surface area contributed by atoms with Gasteiger partial charge in [0.1, 0.15) is 6.10 Å². The van der Waals surface area contributed by atoms with Gasteiger partial charge in [0.2, 0.25) is 0 Å². The van der Waals surface area contributed by atoms with Gasteiger partial charge in [0.15, 0.2) is 0 Å². The Morgan fingerprint density at radius 3 is 1.30 bits per heavy atom. The van der Waals surface area contributed by atoms with Crippen LogP contribution in [-0.4, -0.2) is 44.2 Å². The number of hydrogen-bond donors (Lipinski definition) is 2. The number of carboxylic acid groups (broad SMARTS) is 1. The third kappa shape index (κ3) is 26.7. The molecule has 68 valence electrons. The number of aliphatic hydroxyl groups is 1. The maximum atomic E-state index is 9.45. The summed E-state index contributed by atoms with van der Waals surface area (Å²) in [4.78, 5) is 9.45. The van der Waals surface area contributed by atoms with Gasteiger partial charge in [0.25, 0.3) is 0 Å². The van der Waals surface area contributed by atoms with Crippen molar-refractivity contribution >= 4 is 5.97 Å². The average Bonchev–Trinajstić information content (AvgIpc) is 1.36. The summed E-state index contributed by atoms with van der Waals surface area (Å²) in [5.41, 5.74) is 0. The molecular formula is C3H14O7. The summed E-state index contributed by atoms with van der Waals surface area (Å²) in [6.07, 6.45) is -1.23. The minimum Gasteiger partial charge on any atom is -0.479 e. The summed E-state index contributed by atoms with van der Waals surface area (Å²) in [5, 5.41) is 15.8. The summed E-state index contributed by atoms with van der Waals surface area (Å²) < 4.78 is 0. The maximum absolute atomic E-state index is 9.45. The molecule has 0 amide bonds. The van der Waals surface area contributed by atoms with Gasteiger partial charge >= 0.3 is 5.97 Å². The Bertz CT molecular complexity index is 59.9. The molecule has 0 aliphatic rings. The second kappa shape index (κ2) is 15.7. The van der Waals surface area contributed by atoms with E-state index >= 15 is 0 Å². The molecule has 0 radical (unpaired) electrons. The number of carbonyl (C=O) groups is 1. The molecule has 0 heterocycles. The van der Waals surface area contributed by atoms with Crippen molar-refractivity contribution in [2.24, 2.45) is 0 Å². The van der Waals surface area contributed by atoms with Crippen LogP contribution in [0.15, 0.2) is 0 Å². The number of rotatable bonds is 1. The van der Waals surface area contributed by atoms with E-state index in [9.17, 15) is 4.79 Å². The van der Waals surface area contributed by atoms with E-state index in [-0.39, 0.29) is 21.9 Å². The predicted octanol–water partition coefficient (Wildman–Crippen LogP) is -3.85. The third-order valence-electron chi connectivity index (χ3n) is 0.357. The standard InChI is InChI=1S/C3H6O3.4H2O/c1-2(4)3(5)6;;;;/h2,4H,1H3,(H,5,6);4*1H2. The van der Waals surface area contributed by atoms with Crippen LogP contribution in [0.2, 0.25) is 0 Å². The minimum absolute atomic E-state index is 0. The topological polar surface area (TPSA) is 184 Å². The molecule has 0 aliphatic carbocycles. The van der Waals surface area contributed by atoms with Crippen LogP contribution < -0.4 is 0 Å². The fraction of sp³-hybridized carbons (Fsp3) is 0.667. The van der Waals surface area contributed by atoms with Crippen LogP contribution in [0.25, 0.3) is 0 Å². The molecule has 0 saturated carbocycles. The second-order valence-electron chi connectivity index (χ2n) is 1.01. The Kier molecular flexibility index (Phi) is 54.7. The monoisotopic (exact) mass is 162 g/mol. The van der Waals surface area contributed by atoms with Gasteiger partial charge in [-0.1, -0.05) is 0 Å². The Balaban J connectivity index is -0.0000000208. The molecule has 0 aromatic heterocycles. The first-order chi connectivity index (χ1) is 2.64. The molecule has 1 atom stereocenters. The van der Waals surface area contributed by atoms with E-state index in [1.54, 1.807) is 0 Å². The van der Waals surface area contributed by atoms with E-state index in [2.05, 4.69) is 0 Å². The Morgan fingerprint density at radius 1 is 1.20 bits per heavy atom. The first kappa shape index (κ1) is 34.8. The van der Waals surface area contributed by atoms with Gasteiger partial charge in [-0.05, 0) is 6.92 Å². The highest BCUT2D eigenvalue weighted by molar-refractivity contribution is 5.71. The zero-order chi connectivity index (χ0) is 5.15. The van der Waals surface area contributed by atoms with Crippen molar-refractivity contribution in [3.8, 4) is 0 Å². The lowest BCUT2D eigenvalue weighted by atomic mass is 10.4. The van der Waals surface area contributed by atoms with E-state index in [0.717, 1.165) is 0 Å². The lowest BCUT2D eigenvalue weighted by Crippen LogP contribution is -2.13. The van der Waals surface area contributed by atoms with Crippen molar-refractivity contribution in [2.45, 2.75) is 13.0 Å². The van der Waals surface area contributed by atoms with Gasteiger partial charge in [0.05, 0.1) is 0 Å². The van der Waals surface area contributed by atoms with Gasteiger partial charge in [-0.3, -0.25) is 0 Å². The van der Waals surface area contributed by atoms with Gasteiger partial charge in [-0.25, -0.2) is 4.79 Å². The van der Waals surface area contributed by atoms with Crippen LogP contribution in [0.5, 0.6) is 0 Å². The van der Waals surface area contributed by atoms with E-state index < -0.39 is 12.1 Å². The van der Waals surface area contributed by atoms with Crippen LogP contribution in [0.3, 0.4) is 0 Å². The molecular weight excluding hydrogens is 148 g/mol.